The van der Waals surface area contributed by atoms with E-state index in [9.17, 15) is 0 Å². The Balaban J connectivity index is 2.01. The monoisotopic (exact) mass is 212 g/mol. The van der Waals surface area contributed by atoms with E-state index in [-0.39, 0.29) is 0 Å². The molecule has 2 N–H and O–H groups in total. The van der Waals surface area contributed by atoms with Crippen LogP contribution in [0.15, 0.2) is 0 Å². The summed E-state index contributed by atoms with van der Waals surface area (Å²) in [6, 6.07) is 0. The van der Waals surface area contributed by atoms with Crippen LogP contribution in [0.2, 0.25) is 0 Å². The summed E-state index contributed by atoms with van der Waals surface area (Å²) in [4.78, 5) is 2.61. The number of rotatable bonds is 2. The van der Waals surface area contributed by atoms with Gasteiger partial charge in [-0.15, -0.1) is 0 Å². The molecule has 1 aliphatic heterocycles. The molecule has 0 unspecified atom stereocenters. The fraction of sp³-hybridized carbons (Fsp3) is 1.00. The van der Waals surface area contributed by atoms with E-state index in [1.165, 1.54) is 45.1 Å². The normalized spacial score (nSPS) is 28.6. The first-order chi connectivity index (χ1) is 7.37. The van der Waals surface area contributed by atoms with Crippen molar-refractivity contribution >= 4 is 0 Å². The Morgan fingerprint density at radius 3 is 2.53 bits per heavy atom. The summed E-state index contributed by atoms with van der Waals surface area (Å²) >= 11 is 0. The smallest absolute Gasteiger partial charge is 0.0593 e. The van der Waals surface area contributed by atoms with Gasteiger partial charge in [-0.1, -0.05) is 19.3 Å². The van der Waals surface area contributed by atoms with Gasteiger partial charge in [0.2, 0.25) is 0 Å². The number of nitrogens with two attached hydrogens (primary N) is 1. The first kappa shape index (κ1) is 11.4. The first-order valence-corrected chi connectivity index (χ1v) is 6.40. The van der Waals surface area contributed by atoms with Gasteiger partial charge in [-0.05, 0) is 19.3 Å². The van der Waals surface area contributed by atoms with Crippen molar-refractivity contribution in [2.45, 2.75) is 44.1 Å². The first-order valence-electron chi connectivity index (χ1n) is 6.40. The molecule has 1 aliphatic carbocycles. The minimum absolute atomic E-state index is 0.311. The van der Waals surface area contributed by atoms with E-state index in [0.29, 0.717) is 5.54 Å². The average Bonchev–Trinajstić information content (AvgIpc) is 2.59. The van der Waals surface area contributed by atoms with E-state index in [2.05, 4.69) is 4.90 Å². The Labute approximate surface area is 93.0 Å². The summed E-state index contributed by atoms with van der Waals surface area (Å²) in [6.45, 7) is 4.90. The molecule has 3 heteroatoms. The van der Waals surface area contributed by atoms with E-state index in [4.69, 9.17) is 10.5 Å². The topological polar surface area (TPSA) is 38.5 Å². The van der Waals surface area contributed by atoms with E-state index in [0.717, 1.165) is 26.3 Å². The highest BCUT2D eigenvalue weighted by Gasteiger charge is 2.36. The Morgan fingerprint density at radius 1 is 1.00 bits per heavy atom. The van der Waals surface area contributed by atoms with Gasteiger partial charge in [-0.3, -0.25) is 4.90 Å². The summed E-state index contributed by atoms with van der Waals surface area (Å²) in [5, 5.41) is 0. The summed E-state index contributed by atoms with van der Waals surface area (Å²) in [5.41, 5.74) is 6.35. The maximum atomic E-state index is 6.04. The SMILES string of the molecule is NCC1(N2CCCOCC2)CCCCC1. The van der Waals surface area contributed by atoms with Crippen LogP contribution in [-0.4, -0.2) is 43.3 Å². The van der Waals surface area contributed by atoms with Crippen LogP contribution in [0.5, 0.6) is 0 Å². The standard InChI is InChI=1S/C12H24N2O/c13-11-12(5-2-1-3-6-12)14-7-4-9-15-10-8-14/h1-11,13H2. The highest BCUT2D eigenvalue weighted by atomic mass is 16.5. The van der Waals surface area contributed by atoms with Crippen LogP contribution in [0.1, 0.15) is 38.5 Å². The molecule has 0 bridgehead atoms. The van der Waals surface area contributed by atoms with E-state index >= 15 is 0 Å². The lowest BCUT2D eigenvalue weighted by molar-refractivity contribution is 0.0519. The van der Waals surface area contributed by atoms with Gasteiger partial charge >= 0.3 is 0 Å². The molecule has 0 atom stereocenters. The summed E-state index contributed by atoms with van der Waals surface area (Å²) in [6.07, 6.45) is 7.87. The average molecular weight is 212 g/mol. The molecule has 0 aromatic carbocycles. The van der Waals surface area contributed by atoms with Crippen molar-refractivity contribution in [2.75, 3.05) is 32.8 Å². The van der Waals surface area contributed by atoms with Gasteiger partial charge in [-0.25, -0.2) is 0 Å². The number of hydrogen-bond donors (Lipinski definition) is 1. The summed E-state index contributed by atoms with van der Waals surface area (Å²) in [7, 11) is 0. The van der Waals surface area contributed by atoms with Crippen molar-refractivity contribution < 1.29 is 4.74 Å². The lowest BCUT2D eigenvalue weighted by Gasteiger charge is -2.45. The number of ether oxygens (including phenoxy) is 1. The summed E-state index contributed by atoms with van der Waals surface area (Å²) < 4.78 is 5.52. The van der Waals surface area contributed by atoms with E-state index < -0.39 is 0 Å². The molecular formula is C12H24N2O. The van der Waals surface area contributed by atoms with Crippen molar-refractivity contribution in [2.24, 2.45) is 5.73 Å². The van der Waals surface area contributed by atoms with E-state index in [1.54, 1.807) is 0 Å². The van der Waals surface area contributed by atoms with Crippen molar-refractivity contribution in [3.63, 3.8) is 0 Å². The minimum atomic E-state index is 0.311. The highest BCUT2D eigenvalue weighted by molar-refractivity contribution is 4.94. The molecule has 3 nitrogen and oxygen atoms in total. The van der Waals surface area contributed by atoms with Crippen LogP contribution in [0.25, 0.3) is 0 Å². The van der Waals surface area contributed by atoms with Crippen molar-refractivity contribution in [3.8, 4) is 0 Å². The Morgan fingerprint density at radius 2 is 1.80 bits per heavy atom. The van der Waals surface area contributed by atoms with Gasteiger partial charge in [0.05, 0.1) is 6.61 Å². The maximum Gasteiger partial charge on any atom is 0.0593 e. The largest absolute Gasteiger partial charge is 0.380 e. The predicted octanol–water partition coefficient (Wildman–Crippen LogP) is 1.37. The van der Waals surface area contributed by atoms with Crippen LogP contribution < -0.4 is 5.73 Å². The molecule has 1 heterocycles. The quantitative estimate of drug-likeness (QED) is 0.751. The molecule has 1 saturated carbocycles. The van der Waals surface area contributed by atoms with Gasteiger partial charge in [-0.2, -0.15) is 0 Å². The number of hydrogen-bond acceptors (Lipinski definition) is 3. The van der Waals surface area contributed by atoms with Crippen LogP contribution in [0, 0.1) is 0 Å². The molecule has 0 spiro atoms. The molecule has 15 heavy (non-hydrogen) atoms. The molecular weight excluding hydrogens is 188 g/mol. The van der Waals surface area contributed by atoms with Crippen molar-refractivity contribution in [1.82, 2.24) is 4.90 Å². The second kappa shape index (κ2) is 5.28. The van der Waals surface area contributed by atoms with Crippen molar-refractivity contribution in [3.05, 3.63) is 0 Å². The molecule has 2 rings (SSSR count). The van der Waals surface area contributed by atoms with Gasteiger partial charge in [0.15, 0.2) is 0 Å². The molecule has 0 amide bonds. The minimum Gasteiger partial charge on any atom is -0.380 e. The lowest BCUT2D eigenvalue weighted by atomic mass is 9.80. The third-order valence-corrected chi connectivity index (χ3v) is 4.06. The summed E-state index contributed by atoms with van der Waals surface area (Å²) in [5.74, 6) is 0. The zero-order valence-corrected chi connectivity index (χ0v) is 9.71. The zero-order valence-electron chi connectivity index (χ0n) is 9.71. The molecule has 0 aromatic heterocycles. The fourth-order valence-corrected chi connectivity index (χ4v) is 3.08. The van der Waals surface area contributed by atoms with Crippen molar-refractivity contribution in [1.29, 1.82) is 0 Å². The van der Waals surface area contributed by atoms with Gasteiger partial charge in [0.25, 0.3) is 0 Å². The molecule has 1 saturated heterocycles. The number of nitrogens with zero attached hydrogens (tertiary/aromatic N) is 1. The molecule has 2 aliphatic rings. The molecule has 2 fully saturated rings. The zero-order chi connectivity index (χ0) is 10.6. The maximum absolute atomic E-state index is 6.04. The second-order valence-corrected chi connectivity index (χ2v) is 4.94. The Hall–Kier alpha value is -0.120. The molecule has 0 aromatic rings. The van der Waals surface area contributed by atoms with E-state index in [1.807, 2.05) is 0 Å². The molecule has 0 radical (unpaired) electrons. The van der Waals surface area contributed by atoms with Crippen LogP contribution in [0.4, 0.5) is 0 Å². The molecule has 88 valence electrons. The van der Waals surface area contributed by atoms with Gasteiger partial charge in [0, 0.05) is 31.8 Å². The Kier molecular flexibility index (Phi) is 4.00. The van der Waals surface area contributed by atoms with Crippen LogP contribution in [-0.2, 0) is 4.74 Å². The lowest BCUT2D eigenvalue weighted by Crippen LogP contribution is -2.55. The third kappa shape index (κ3) is 2.52. The third-order valence-electron chi connectivity index (χ3n) is 4.06. The van der Waals surface area contributed by atoms with Gasteiger partial charge in [0.1, 0.15) is 0 Å². The Bertz CT molecular complexity index is 182. The van der Waals surface area contributed by atoms with Crippen LogP contribution >= 0.6 is 0 Å². The second-order valence-electron chi connectivity index (χ2n) is 4.94. The van der Waals surface area contributed by atoms with Gasteiger partial charge < -0.3 is 10.5 Å². The predicted molar refractivity (Wildman–Crippen MR) is 61.9 cm³/mol. The highest BCUT2D eigenvalue weighted by Crippen LogP contribution is 2.33. The van der Waals surface area contributed by atoms with Crippen LogP contribution in [0.3, 0.4) is 0 Å². The fourth-order valence-electron chi connectivity index (χ4n) is 3.08.